The Hall–Kier alpha value is -1.20. The zero-order chi connectivity index (χ0) is 17.7. The fourth-order valence-electron chi connectivity index (χ4n) is 1.95. The minimum absolute atomic E-state index is 0.0344. The summed E-state index contributed by atoms with van der Waals surface area (Å²) in [6.45, 7) is 0.882. The molecular weight excluding hydrogens is 380 g/mol. The van der Waals surface area contributed by atoms with Crippen LogP contribution in [0.5, 0.6) is 0 Å². The number of morpholine rings is 1. The first-order chi connectivity index (χ1) is 11.3. The molecule has 0 atom stereocenters. The van der Waals surface area contributed by atoms with Crippen LogP contribution in [-0.4, -0.2) is 76.0 Å². The second-order valence-corrected chi connectivity index (χ2v) is 8.96. The number of amides is 1. The van der Waals surface area contributed by atoms with E-state index in [1.165, 1.54) is 24.1 Å². The minimum Gasteiger partial charge on any atom is -0.455 e. The van der Waals surface area contributed by atoms with Crippen molar-refractivity contribution < 1.29 is 27.5 Å². The van der Waals surface area contributed by atoms with Crippen LogP contribution in [0.2, 0.25) is 4.34 Å². The zero-order valence-electron chi connectivity index (χ0n) is 12.9. The Balaban J connectivity index is 1.84. The van der Waals surface area contributed by atoms with E-state index in [-0.39, 0.29) is 10.1 Å². The van der Waals surface area contributed by atoms with Gasteiger partial charge in [0, 0.05) is 20.1 Å². The van der Waals surface area contributed by atoms with E-state index in [0.29, 0.717) is 30.6 Å². The molecule has 24 heavy (non-hydrogen) atoms. The van der Waals surface area contributed by atoms with Crippen molar-refractivity contribution in [3.8, 4) is 0 Å². The summed E-state index contributed by atoms with van der Waals surface area (Å²) in [4.78, 5) is 25.2. The molecule has 0 unspecified atom stereocenters. The van der Waals surface area contributed by atoms with Gasteiger partial charge in [-0.05, 0) is 12.1 Å². The van der Waals surface area contributed by atoms with Gasteiger partial charge in [-0.3, -0.25) is 9.59 Å². The Kier molecular flexibility index (Phi) is 6.58. The predicted molar refractivity (Wildman–Crippen MR) is 87.5 cm³/mol. The van der Waals surface area contributed by atoms with Gasteiger partial charge >= 0.3 is 5.97 Å². The molecule has 0 radical (unpaired) electrons. The van der Waals surface area contributed by atoms with Gasteiger partial charge in [0.25, 0.3) is 15.9 Å². The van der Waals surface area contributed by atoms with E-state index < -0.39 is 29.1 Å². The lowest BCUT2D eigenvalue weighted by molar-refractivity contribution is -0.153. The van der Waals surface area contributed by atoms with Crippen LogP contribution in [0.25, 0.3) is 0 Å². The van der Waals surface area contributed by atoms with Gasteiger partial charge in [0.15, 0.2) is 6.61 Å². The third kappa shape index (κ3) is 4.90. The van der Waals surface area contributed by atoms with Crippen LogP contribution < -0.4 is 0 Å². The van der Waals surface area contributed by atoms with Crippen LogP contribution in [-0.2, 0) is 29.1 Å². The number of thiophene rings is 1. The highest BCUT2D eigenvalue weighted by molar-refractivity contribution is 7.91. The van der Waals surface area contributed by atoms with Gasteiger partial charge in [-0.1, -0.05) is 11.6 Å². The molecule has 0 spiro atoms. The molecule has 1 saturated heterocycles. The Labute approximate surface area is 148 Å². The third-order valence-electron chi connectivity index (χ3n) is 3.29. The highest BCUT2D eigenvalue weighted by atomic mass is 35.5. The van der Waals surface area contributed by atoms with Crippen molar-refractivity contribution in [1.29, 1.82) is 0 Å². The van der Waals surface area contributed by atoms with E-state index in [2.05, 4.69) is 0 Å². The standard InChI is InChI=1S/C13H17ClN2O6S2/c1-15(24(19,20)13-3-2-10(14)23-13)8-12(18)22-9-11(17)16-4-6-21-7-5-16/h2-3H,4-9H2,1H3. The maximum absolute atomic E-state index is 12.2. The van der Waals surface area contributed by atoms with Crippen molar-refractivity contribution in [1.82, 2.24) is 9.21 Å². The summed E-state index contributed by atoms with van der Waals surface area (Å²) in [5.74, 6) is -1.13. The van der Waals surface area contributed by atoms with Crippen molar-refractivity contribution >= 4 is 44.8 Å². The van der Waals surface area contributed by atoms with E-state index >= 15 is 0 Å². The minimum atomic E-state index is -3.82. The van der Waals surface area contributed by atoms with Crippen LogP contribution in [0.3, 0.4) is 0 Å². The number of likely N-dealkylation sites (N-methyl/N-ethyl adjacent to an activating group) is 1. The van der Waals surface area contributed by atoms with Crippen LogP contribution in [0.4, 0.5) is 0 Å². The molecule has 0 aliphatic carbocycles. The molecule has 2 rings (SSSR count). The van der Waals surface area contributed by atoms with Gasteiger partial charge < -0.3 is 14.4 Å². The Morgan fingerprint density at radius 3 is 2.62 bits per heavy atom. The van der Waals surface area contributed by atoms with E-state index in [1.54, 1.807) is 0 Å². The molecule has 1 amide bonds. The first kappa shape index (κ1) is 19.1. The number of hydrogen-bond acceptors (Lipinski definition) is 7. The number of carbonyl (C=O) groups excluding carboxylic acids is 2. The third-order valence-corrected chi connectivity index (χ3v) is 6.79. The van der Waals surface area contributed by atoms with Crippen molar-refractivity contribution in [2.24, 2.45) is 0 Å². The van der Waals surface area contributed by atoms with Crippen LogP contribution in [0.1, 0.15) is 0 Å². The first-order valence-corrected chi connectivity index (χ1v) is 9.67. The molecule has 2 heterocycles. The van der Waals surface area contributed by atoms with Crippen molar-refractivity contribution in [3.63, 3.8) is 0 Å². The second kappa shape index (κ2) is 8.26. The number of nitrogens with zero attached hydrogens (tertiary/aromatic N) is 2. The summed E-state index contributed by atoms with van der Waals surface area (Å²) in [6, 6.07) is 2.83. The highest BCUT2D eigenvalue weighted by Crippen LogP contribution is 2.27. The number of halogens is 1. The lowest BCUT2D eigenvalue weighted by atomic mass is 10.4. The molecule has 1 aromatic heterocycles. The molecule has 1 fully saturated rings. The Morgan fingerprint density at radius 2 is 2.04 bits per heavy atom. The van der Waals surface area contributed by atoms with E-state index in [1.807, 2.05) is 0 Å². The molecule has 8 nitrogen and oxygen atoms in total. The maximum atomic E-state index is 12.2. The molecule has 134 valence electrons. The molecule has 0 N–H and O–H groups in total. The van der Waals surface area contributed by atoms with Crippen LogP contribution >= 0.6 is 22.9 Å². The summed E-state index contributed by atoms with van der Waals surface area (Å²) in [6.07, 6.45) is 0. The van der Waals surface area contributed by atoms with Crippen molar-refractivity contribution in [2.45, 2.75) is 4.21 Å². The van der Waals surface area contributed by atoms with Crippen molar-refractivity contribution in [3.05, 3.63) is 16.5 Å². The fraction of sp³-hybridized carbons (Fsp3) is 0.538. The number of ether oxygens (including phenoxy) is 2. The smallest absolute Gasteiger partial charge is 0.321 e. The lowest BCUT2D eigenvalue weighted by Crippen LogP contribution is -2.43. The molecule has 1 aliphatic rings. The summed E-state index contributed by atoms with van der Waals surface area (Å²) in [7, 11) is -2.56. The number of carbonyl (C=O) groups is 2. The number of rotatable bonds is 6. The summed E-state index contributed by atoms with van der Waals surface area (Å²) >= 11 is 6.63. The fourth-order valence-corrected chi connectivity index (χ4v) is 4.76. The lowest BCUT2D eigenvalue weighted by Gasteiger charge is -2.26. The number of sulfonamides is 1. The van der Waals surface area contributed by atoms with Gasteiger partial charge in [0.2, 0.25) is 0 Å². The molecule has 0 bridgehead atoms. The quantitative estimate of drug-likeness (QED) is 0.647. The summed E-state index contributed by atoms with van der Waals surface area (Å²) in [5.41, 5.74) is 0. The van der Waals surface area contributed by atoms with E-state index in [9.17, 15) is 18.0 Å². The average Bonchev–Trinajstić information content (AvgIpc) is 3.00. The Morgan fingerprint density at radius 1 is 1.38 bits per heavy atom. The normalized spacial score (nSPS) is 15.5. The van der Waals surface area contributed by atoms with Crippen LogP contribution in [0, 0.1) is 0 Å². The topological polar surface area (TPSA) is 93.2 Å². The maximum Gasteiger partial charge on any atom is 0.321 e. The highest BCUT2D eigenvalue weighted by Gasteiger charge is 2.26. The van der Waals surface area contributed by atoms with Gasteiger partial charge in [-0.15, -0.1) is 11.3 Å². The summed E-state index contributed by atoms with van der Waals surface area (Å²) in [5, 5.41) is 0. The molecular formula is C13H17ClN2O6S2. The largest absolute Gasteiger partial charge is 0.455 e. The van der Waals surface area contributed by atoms with Gasteiger partial charge in [-0.25, -0.2) is 8.42 Å². The SMILES string of the molecule is CN(CC(=O)OCC(=O)N1CCOCC1)S(=O)(=O)c1ccc(Cl)s1. The molecule has 1 aliphatic heterocycles. The second-order valence-electron chi connectivity index (χ2n) is 4.97. The monoisotopic (exact) mass is 396 g/mol. The molecule has 0 saturated carbocycles. The molecule has 1 aromatic rings. The van der Waals surface area contributed by atoms with E-state index in [4.69, 9.17) is 21.1 Å². The predicted octanol–water partition coefficient (Wildman–Crippen LogP) is 0.424. The summed E-state index contributed by atoms with van der Waals surface area (Å²) < 4.78 is 35.7. The first-order valence-electron chi connectivity index (χ1n) is 7.03. The van der Waals surface area contributed by atoms with Gasteiger partial charge in [0.1, 0.15) is 10.8 Å². The average molecular weight is 397 g/mol. The number of esters is 1. The molecule has 0 aromatic carbocycles. The number of hydrogen-bond donors (Lipinski definition) is 0. The Bertz CT molecular complexity index is 699. The zero-order valence-corrected chi connectivity index (χ0v) is 15.3. The van der Waals surface area contributed by atoms with Gasteiger partial charge in [0.05, 0.1) is 17.6 Å². The van der Waals surface area contributed by atoms with Crippen LogP contribution in [0.15, 0.2) is 16.3 Å². The van der Waals surface area contributed by atoms with E-state index in [0.717, 1.165) is 15.6 Å². The van der Waals surface area contributed by atoms with Crippen molar-refractivity contribution in [2.75, 3.05) is 46.5 Å². The van der Waals surface area contributed by atoms with Gasteiger partial charge in [-0.2, -0.15) is 4.31 Å². The molecule has 11 heteroatoms.